The molecule has 1 aliphatic rings. The molecule has 20 heteroatoms. The zero-order valence-corrected chi connectivity index (χ0v) is 35.0. The summed E-state index contributed by atoms with van der Waals surface area (Å²) >= 11 is 0. The van der Waals surface area contributed by atoms with Gasteiger partial charge in [0.1, 0.15) is 17.5 Å². The molecule has 4 rings (SSSR count). The Kier molecular flexibility index (Phi) is 19.1. The van der Waals surface area contributed by atoms with E-state index in [1.807, 2.05) is 0 Å². The van der Waals surface area contributed by atoms with Gasteiger partial charge in [0.05, 0.1) is 49.5 Å². The number of rotatable bonds is 28. The number of carbonyl (C=O) groups is 4. The number of nitrogens with zero attached hydrogens (tertiary/aromatic N) is 2. The van der Waals surface area contributed by atoms with Crippen LogP contribution in [0, 0.1) is 19.8 Å². The molecule has 0 spiro atoms. The molecule has 2 atom stereocenters. The van der Waals surface area contributed by atoms with Gasteiger partial charge < -0.3 is 50.7 Å². The molecule has 3 aromatic rings. The number of carboxylic acids is 1. The number of carboxylic acid groups (broad SMARTS) is 1. The molecule has 0 radical (unpaired) electrons. The smallest absolute Gasteiger partial charge is 0.323 e. The zero-order chi connectivity index (χ0) is 43.5. The van der Waals surface area contributed by atoms with Crippen LogP contribution in [0.2, 0.25) is 0 Å². The molecule has 2 unspecified atom stereocenters. The number of amides is 2. The van der Waals surface area contributed by atoms with Crippen molar-refractivity contribution in [1.29, 1.82) is 0 Å². The summed E-state index contributed by atoms with van der Waals surface area (Å²) in [6.07, 6.45) is 5.38. The van der Waals surface area contributed by atoms with Crippen molar-refractivity contribution in [2.45, 2.75) is 63.9 Å². The first-order valence-corrected chi connectivity index (χ1v) is 21.2. The lowest BCUT2D eigenvalue weighted by Gasteiger charge is -2.22. The highest BCUT2D eigenvalue weighted by molar-refractivity contribution is 7.89. The van der Waals surface area contributed by atoms with E-state index in [0.717, 1.165) is 12.0 Å². The first kappa shape index (κ1) is 47.4. The number of carbonyl (C=O) groups excluding carboxylic acids is 3. The maximum Gasteiger partial charge on any atom is 0.323 e. The number of hydrogen-bond acceptors (Lipinski definition) is 14. The Hall–Kier alpha value is -5.25. The predicted molar refractivity (Wildman–Crippen MR) is 222 cm³/mol. The van der Waals surface area contributed by atoms with E-state index in [1.165, 1.54) is 19.1 Å². The minimum absolute atomic E-state index is 0.130. The second-order valence-corrected chi connectivity index (χ2v) is 15.6. The number of anilines is 1. The molecular weight excluding hydrogens is 801 g/mol. The number of aliphatic imine (C=N–C) groups is 1. The van der Waals surface area contributed by atoms with Gasteiger partial charge in [-0.3, -0.25) is 19.2 Å². The minimum atomic E-state index is -4.41. The van der Waals surface area contributed by atoms with Crippen molar-refractivity contribution in [2.75, 3.05) is 71.2 Å². The number of nitrogens with two attached hydrogens (primary N) is 1. The van der Waals surface area contributed by atoms with E-state index < -0.39 is 40.4 Å². The number of benzene rings is 2. The van der Waals surface area contributed by atoms with Crippen LogP contribution in [-0.4, -0.2) is 125 Å². The van der Waals surface area contributed by atoms with Gasteiger partial charge in [0.25, 0.3) is 5.91 Å². The lowest BCUT2D eigenvalue weighted by molar-refractivity contribution is -0.138. The lowest BCUT2D eigenvalue weighted by Crippen LogP contribution is -2.50. The molecule has 0 aliphatic carbocycles. The number of sulfonamides is 1. The van der Waals surface area contributed by atoms with Crippen LogP contribution in [0.15, 0.2) is 52.6 Å². The van der Waals surface area contributed by atoms with Crippen molar-refractivity contribution in [3.05, 3.63) is 65.0 Å². The molecule has 0 bridgehead atoms. The Labute approximate surface area is 349 Å². The number of ketones is 1. The Morgan fingerprint density at radius 1 is 0.933 bits per heavy atom. The molecule has 60 heavy (non-hydrogen) atoms. The van der Waals surface area contributed by atoms with E-state index in [2.05, 4.69) is 35.6 Å². The minimum Gasteiger partial charge on any atom is -0.494 e. The summed E-state index contributed by atoms with van der Waals surface area (Å²) in [5, 5.41) is 18.3. The first-order valence-electron chi connectivity index (χ1n) is 19.8. The maximum atomic E-state index is 13.5. The Bertz CT molecular complexity index is 2020. The molecule has 1 aliphatic heterocycles. The average Bonchev–Trinajstić information content (AvgIpc) is 3.73. The van der Waals surface area contributed by atoms with Crippen molar-refractivity contribution in [1.82, 2.24) is 25.3 Å². The summed E-state index contributed by atoms with van der Waals surface area (Å²) in [5.74, 6) is -2.80. The first-order chi connectivity index (χ1) is 28.8. The van der Waals surface area contributed by atoms with Crippen LogP contribution >= 0.6 is 0 Å². The van der Waals surface area contributed by atoms with Gasteiger partial charge in [-0.2, -0.15) is 4.72 Å². The third-order valence-corrected chi connectivity index (χ3v) is 10.9. The largest absolute Gasteiger partial charge is 0.494 e. The number of H-pyrrole nitrogens is 1. The third-order valence-electron chi connectivity index (χ3n) is 9.17. The van der Waals surface area contributed by atoms with Crippen LogP contribution < -0.4 is 31.1 Å². The number of aromatic nitrogens is 2. The van der Waals surface area contributed by atoms with Crippen LogP contribution in [0.25, 0.3) is 0 Å². The molecular formula is C40H56N8O11S. The van der Waals surface area contributed by atoms with Crippen LogP contribution in [0.3, 0.4) is 0 Å². The Balaban J connectivity index is 1.21. The Morgan fingerprint density at radius 3 is 2.27 bits per heavy atom. The van der Waals surface area contributed by atoms with Gasteiger partial charge in [0.2, 0.25) is 15.9 Å². The number of hydrogen-bond donors (Lipinski definition) is 7. The average molecular weight is 857 g/mol. The van der Waals surface area contributed by atoms with Gasteiger partial charge in [0, 0.05) is 57.2 Å². The van der Waals surface area contributed by atoms with Crippen molar-refractivity contribution in [3.63, 3.8) is 0 Å². The highest BCUT2D eigenvalue weighted by atomic mass is 32.2. The number of nitrogens with one attached hydrogen (secondary N) is 5. The van der Waals surface area contributed by atoms with Gasteiger partial charge >= 0.3 is 5.97 Å². The highest BCUT2D eigenvalue weighted by Gasteiger charge is 2.34. The number of aliphatic carboxylic acids is 1. The van der Waals surface area contributed by atoms with Crippen LogP contribution in [0.4, 0.5) is 11.6 Å². The number of aromatic amines is 1. The number of ether oxygens (including phenoxy) is 4. The summed E-state index contributed by atoms with van der Waals surface area (Å²) in [4.78, 5) is 62.2. The van der Waals surface area contributed by atoms with E-state index in [1.54, 1.807) is 44.4 Å². The van der Waals surface area contributed by atoms with E-state index >= 15 is 0 Å². The van der Waals surface area contributed by atoms with Crippen molar-refractivity contribution in [3.8, 4) is 5.75 Å². The van der Waals surface area contributed by atoms with Crippen molar-refractivity contribution >= 4 is 50.9 Å². The highest BCUT2D eigenvalue weighted by Crippen LogP contribution is 2.30. The topological polar surface area (TPSA) is 275 Å². The predicted octanol–water partition coefficient (Wildman–Crippen LogP) is 2.16. The Morgan fingerprint density at radius 2 is 1.62 bits per heavy atom. The molecule has 2 heterocycles. The van der Waals surface area contributed by atoms with Crippen molar-refractivity contribution in [2.24, 2.45) is 16.6 Å². The second-order valence-electron chi connectivity index (χ2n) is 14.0. The van der Waals surface area contributed by atoms with Crippen LogP contribution in [0.5, 0.6) is 5.75 Å². The van der Waals surface area contributed by atoms with Gasteiger partial charge in [-0.1, -0.05) is 6.07 Å². The summed E-state index contributed by atoms with van der Waals surface area (Å²) in [5.41, 5.74) is 7.26. The molecule has 1 aromatic heterocycles. The van der Waals surface area contributed by atoms with Gasteiger partial charge in [-0.15, -0.1) is 0 Å². The van der Waals surface area contributed by atoms with Gasteiger partial charge in [0.15, 0.2) is 11.7 Å². The second kappa shape index (κ2) is 24.1. The molecule has 2 aromatic carbocycles. The SMILES string of the molecule is Cc1cc(OCCCC(=O)NCCCOCCOCCOCCCN)cc(C)c1S(=O)(=O)NC(CNC(=O)C1=Nc2cc(CNc3ncc[nH]3)ccc2C(=O)C1C)C(=O)O. The third kappa shape index (κ3) is 14.8. The van der Waals surface area contributed by atoms with Gasteiger partial charge in [-0.05, 0) is 87.5 Å². The summed E-state index contributed by atoms with van der Waals surface area (Å²) in [6, 6.07) is 6.34. The molecule has 2 amide bonds. The lowest BCUT2D eigenvalue weighted by atomic mass is 9.89. The number of fused-ring (bicyclic) bond motifs is 1. The molecule has 19 nitrogen and oxygen atoms in total. The summed E-state index contributed by atoms with van der Waals surface area (Å²) < 4.78 is 51.3. The molecule has 0 saturated carbocycles. The van der Waals surface area contributed by atoms with Crippen LogP contribution in [-0.2, 0) is 45.2 Å². The standard InChI is InChI=1S/C40H56N8O11S/c1-26-21-30(59-16-4-7-34(49)42-11-6-15-57-18-20-58-19-17-56-14-5-10-41)22-27(2)37(26)60(54,55)48-33(39(52)53)25-45-38(51)35-28(3)36(50)31-9-8-29(23-32(31)47-35)24-46-40-43-12-13-44-40/h8-9,12-13,21-23,28,33,48H,4-7,10-11,14-20,24-25,41H2,1-3H3,(H,42,49)(H,45,51)(H,52,53)(H2,43,44,46). The monoisotopic (exact) mass is 856 g/mol. The summed E-state index contributed by atoms with van der Waals surface area (Å²) in [7, 11) is -4.41. The maximum absolute atomic E-state index is 13.5. The molecule has 328 valence electrons. The fourth-order valence-corrected chi connectivity index (χ4v) is 7.78. The van der Waals surface area contributed by atoms with E-state index in [4.69, 9.17) is 24.7 Å². The zero-order valence-electron chi connectivity index (χ0n) is 34.2. The summed E-state index contributed by atoms with van der Waals surface area (Å²) in [6.45, 7) is 8.64. The molecule has 0 saturated heterocycles. The fourth-order valence-electron chi connectivity index (χ4n) is 6.14. The quantitative estimate of drug-likeness (QED) is 0.0516. The van der Waals surface area contributed by atoms with Gasteiger partial charge in [-0.25, -0.2) is 18.4 Å². The van der Waals surface area contributed by atoms with E-state index in [0.29, 0.717) is 101 Å². The normalized spacial score (nSPS) is 14.2. The van der Waals surface area contributed by atoms with E-state index in [-0.39, 0.29) is 41.0 Å². The number of aryl methyl sites for hydroxylation is 2. The molecule has 8 N–H and O–H groups in total. The molecule has 0 fully saturated rings. The number of Topliss-reactive ketones (excluding diaryl/α,β-unsaturated/α-hetero) is 1. The fraction of sp³-hybridized carbons (Fsp3) is 0.500. The van der Waals surface area contributed by atoms with Crippen molar-refractivity contribution < 1.29 is 51.6 Å². The van der Waals surface area contributed by atoms with E-state index in [9.17, 15) is 32.7 Å². The van der Waals surface area contributed by atoms with Crippen LogP contribution in [0.1, 0.15) is 59.7 Å². The number of imidazole rings is 1.